The van der Waals surface area contributed by atoms with Crippen molar-refractivity contribution >= 4 is 0 Å². The summed E-state index contributed by atoms with van der Waals surface area (Å²) in [7, 11) is 0. The van der Waals surface area contributed by atoms with Gasteiger partial charge in [0.2, 0.25) is 0 Å². The minimum atomic E-state index is -0.694. The van der Waals surface area contributed by atoms with Crippen molar-refractivity contribution in [1.82, 2.24) is 0 Å². The third-order valence-corrected chi connectivity index (χ3v) is 3.12. The van der Waals surface area contributed by atoms with Crippen LogP contribution in [0.1, 0.15) is 25.3 Å². The molecule has 0 aromatic heterocycles. The Kier molecular flexibility index (Phi) is 4.20. The summed E-state index contributed by atoms with van der Waals surface area (Å²) in [5.41, 5.74) is 9.28. The molecule has 1 saturated heterocycles. The van der Waals surface area contributed by atoms with Crippen molar-refractivity contribution in [2.24, 2.45) is 5.11 Å². The van der Waals surface area contributed by atoms with E-state index in [1.54, 1.807) is 0 Å². The molecule has 2 atom stereocenters. The van der Waals surface area contributed by atoms with E-state index < -0.39 is 5.79 Å². The highest BCUT2D eigenvalue weighted by Gasteiger charge is 2.35. The summed E-state index contributed by atoms with van der Waals surface area (Å²) in [6, 6.07) is 9.90. The van der Waals surface area contributed by atoms with Crippen molar-refractivity contribution in [2.45, 2.75) is 31.7 Å². The summed E-state index contributed by atoms with van der Waals surface area (Å²) in [4.78, 5) is 2.75. The summed E-state index contributed by atoms with van der Waals surface area (Å²) >= 11 is 0. The molecule has 0 amide bonds. The lowest BCUT2D eigenvalue weighted by molar-refractivity contribution is -0.293. The van der Waals surface area contributed by atoms with Gasteiger partial charge in [0.25, 0.3) is 0 Å². The first-order valence-corrected chi connectivity index (χ1v) is 6.13. The van der Waals surface area contributed by atoms with Gasteiger partial charge in [-0.05, 0) is 25.3 Å². The number of hydrogen-bond donors (Lipinski definition) is 0. The van der Waals surface area contributed by atoms with E-state index in [9.17, 15) is 0 Å². The fourth-order valence-corrected chi connectivity index (χ4v) is 2.14. The van der Waals surface area contributed by atoms with Gasteiger partial charge in [0.05, 0.1) is 12.7 Å². The van der Waals surface area contributed by atoms with Gasteiger partial charge in [0.1, 0.15) is 0 Å². The van der Waals surface area contributed by atoms with Crippen LogP contribution in [0.2, 0.25) is 0 Å². The molecule has 2 rings (SSSR count). The maximum Gasteiger partial charge on any atom is 0.192 e. The number of benzene rings is 1. The third kappa shape index (κ3) is 3.01. The largest absolute Gasteiger partial charge is 0.346 e. The Morgan fingerprint density at radius 3 is 2.94 bits per heavy atom. The minimum Gasteiger partial charge on any atom is -0.346 e. The Balaban J connectivity index is 2.03. The Morgan fingerprint density at radius 1 is 1.44 bits per heavy atom. The summed E-state index contributed by atoms with van der Waals surface area (Å²) in [6.07, 6.45) is 1.65. The molecular formula is C13H17N3O2. The van der Waals surface area contributed by atoms with Crippen LogP contribution in [0.5, 0.6) is 0 Å². The number of hydrogen-bond acceptors (Lipinski definition) is 3. The lowest BCUT2D eigenvalue weighted by Crippen LogP contribution is -2.40. The molecule has 5 heteroatoms. The van der Waals surface area contributed by atoms with Crippen LogP contribution in [-0.2, 0) is 15.3 Å². The summed E-state index contributed by atoms with van der Waals surface area (Å²) in [5, 5.41) is 3.55. The van der Waals surface area contributed by atoms with Crippen LogP contribution in [0.25, 0.3) is 10.4 Å². The molecule has 5 nitrogen and oxygen atoms in total. The van der Waals surface area contributed by atoms with Crippen LogP contribution in [0.4, 0.5) is 0 Å². The van der Waals surface area contributed by atoms with Crippen molar-refractivity contribution in [3.05, 3.63) is 46.3 Å². The standard InChI is InChI=1S/C13H17N3O2/c1-13(11-5-3-2-4-6-11)17-10-8-12(18-13)7-9-15-16-14/h2-6,12H,7-10H2,1H3/t12-,13-/m0/s1. The zero-order valence-electron chi connectivity index (χ0n) is 10.5. The fourth-order valence-electron chi connectivity index (χ4n) is 2.14. The first-order valence-electron chi connectivity index (χ1n) is 6.13. The molecule has 0 unspecified atom stereocenters. The van der Waals surface area contributed by atoms with Gasteiger partial charge in [-0.15, -0.1) is 0 Å². The van der Waals surface area contributed by atoms with Crippen LogP contribution in [0.3, 0.4) is 0 Å². The van der Waals surface area contributed by atoms with Crippen LogP contribution in [0, 0.1) is 0 Å². The van der Waals surface area contributed by atoms with Gasteiger partial charge in [-0.25, -0.2) is 0 Å². The predicted octanol–water partition coefficient (Wildman–Crippen LogP) is 3.37. The highest BCUT2D eigenvalue weighted by molar-refractivity contribution is 5.19. The number of azide groups is 1. The SMILES string of the molecule is C[C@]1(c2ccccc2)OCC[C@H](CCN=[N+]=[N-])O1. The van der Waals surface area contributed by atoms with E-state index in [0.29, 0.717) is 13.2 Å². The van der Waals surface area contributed by atoms with Crippen molar-refractivity contribution in [2.75, 3.05) is 13.2 Å². The Bertz CT molecular complexity index is 431. The number of nitrogens with zero attached hydrogens (tertiary/aromatic N) is 3. The van der Waals surface area contributed by atoms with E-state index in [1.165, 1.54) is 0 Å². The van der Waals surface area contributed by atoms with E-state index in [0.717, 1.165) is 18.4 Å². The molecule has 1 heterocycles. The van der Waals surface area contributed by atoms with Gasteiger partial charge < -0.3 is 9.47 Å². The van der Waals surface area contributed by atoms with Crippen molar-refractivity contribution in [3.63, 3.8) is 0 Å². The van der Waals surface area contributed by atoms with E-state index in [2.05, 4.69) is 10.0 Å². The number of rotatable bonds is 4. The monoisotopic (exact) mass is 247 g/mol. The molecule has 0 bridgehead atoms. The second-order valence-corrected chi connectivity index (χ2v) is 4.43. The first-order chi connectivity index (χ1) is 8.74. The molecule has 1 aromatic carbocycles. The average molecular weight is 247 g/mol. The van der Waals surface area contributed by atoms with Crippen LogP contribution in [-0.4, -0.2) is 19.3 Å². The molecule has 0 aliphatic carbocycles. The summed E-state index contributed by atoms with van der Waals surface area (Å²) < 4.78 is 11.8. The van der Waals surface area contributed by atoms with Crippen LogP contribution in [0.15, 0.2) is 35.4 Å². The molecule has 1 aromatic rings. The molecule has 1 fully saturated rings. The molecule has 96 valence electrons. The molecular weight excluding hydrogens is 230 g/mol. The zero-order valence-corrected chi connectivity index (χ0v) is 10.5. The quantitative estimate of drug-likeness (QED) is 0.465. The average Bonchev–Trinajstić information content (AvgIpc) is 2.40. The van der Waals surface area contributed by atoms with Gasteiger partial charge in [-0.3, -0.25) is 0 Å². The normalized spacial score (nSPS) is 27.5. The summed E-state index contributed by atoms with van der Waals surface area (Å²) in [5.74, 6) is -0.694. The van der Waals surface area contributed by atoms with Crippen molar-refractivity contribution in [3.8, 4) is 0 Å². The highest BCUT2D eigenvalue weighted by Crippen LogP contribution is 2.33. The van der Waals surface area contributed by atoms with Crippen molar-refractivity contribution in [1.29, 1.82) is 0 Å². The van der Waals surface area contributed by atoms with E-state index in [1.807, 2.05) is 37.3 Å². The minimum absolute atomic E-state index is 0.0782. The molecule has 0 spiro atoms. The predicted molar refractivity (Wildman–Crippen MR) is 67.9 cm³/mol. The van der Waals surface area contributed by atoms with Crippen molar-refractivity contribution < 1.29 is 9.47 Å². The topological polar surface area (TPSA) is 67.2 Å². The molecule has 0 radical (unpaired) electrons. The lowest BCUT2D eigenvalue weighted by Gasteiger charge is -2.39. The smallest absolute Gasteiger partial charge is 0.192 e. The second-order valence-electron chi connectivity index (χ2n) is 4.43. The lowest BCUT2D eigenvalue weighted by atomic mass is 10.0. The van der Waals surface area contributed by atoms with Gasteiger partial charge in [-0.1, -0.05) is 35.4 Å². The zero-order chi connectivity index (χ0) is 12.8. The second kappa shape index (κ2) is 5.87. The number of ether oxygens (including phenoxy) is 2. The van der Waals surface area contributed by atoms with Gasteiger partial charge >= 0.3 is 0 Å². The molecule has 1 aliphatic heterocycles. The Morgan fingerprint density at radius 2 is 2.22 bits per heavy atom. The highest BCUT2D eigenvalue weighted by atomic mass is 16.7. The molecule has 0 saturated carbocycles. The molecule has 1 aliphatic rings. The third-order valence-electron chi connectivity index (χ3n) is 3.12. The van der Waals surface area contributed by atoms with E-state index >= 15 is 0 Å². The van der Waals surface area contributed by atoms with Gasteiger partial charge in [-0.2, -0.15) is 0 Å². The van der Waals surface area contributed by atoms with E-state index in [4.69, 9.17) is 15.0 Å². The van der Waals surface area contributed by atoms with Crippen LogP contribution < -0.4 is 0 Å². The van der Waals surface area contributed by atoms with Gasteiger partial charge in [0, 0.05) is 17.0 Å². The van der Waals surface area contributed by atoms with Gasteiger partial charge in [0.15, 0.2) is 5.79 Å². The maximum absolute atomic E-state index is 8.27. The maximum atomic E-state index is 8.27. The Labute approximate surface area is 106 Å². The summed E-state index contributed by atoms with van der Waals surface area (Å²) in [6.45, 7) is 3.06. The fraction of sp³-hybridized carbons (Fsp3) is 0.538. The van der Waals surface area contributed by atoms with E-state index in [-0.39, 0.29) is 6.10 Å². The molecule has 0 N–H and O–H groups in total. The van der Waals surface area contributed by atoms with Crippen LogP contribution >= 0.6 is 0 Å². The first kappa shape index (κ1) is 12.9. The Hall–Kier alpha value is -1.55. The molecule has 18 heavy (non-hydrogen) atoms.